The van der Waals surface area contributed by atoms with E-state index in [1.807, 2.05) is 0 Å². The lowest BCUT2D eigenvalue weighted by Gasteiger charge is -2.36. The van der Waals surface area contributed by atoms with Crippen LogP contribution < -0.4 is 10.6 Å². The van der Waals surface area contributed by atoms with E-state index in [1.54, 1.807) is 0 Å². The maximum Gasteiger partial charge on any atom is 0.189 e. The minimum atomic E-state index is 0.146. The molecule has 0 aromatic heterocycles. The Bertz CT molecular complexity index is 569. The summed E-state index contributed by atoms with van der Waals surface area (Å²) in [5, 5.41) is 7.42. The van der Waals surface area contributed by atoms with Crippen molar-refractivity contribution in [3.05, 3.63) is 22.4 Å². The Hall–Kier alpha value is -1.16. The molecule has 0 bridgehead atoms. The zero-order valence-corrected chi connectivity index (χ0v) is 13.2. The molecule has 0 aromatic rings. The quantitative estimate of drug-likeness (QED) is 0.730. The highest BCUT2D eigenvalue weighted by molar-refractivity contribution is 7.80. The average Bonchev–Trinajstić information content (AvgIpc) is 2.81. The van der Waals surface area contributed by atoms with Gasteiger partial charge in [0, 0.05) is 11.1 Å². The van der Waals surface area contributed by atoms with Crippen LogP contribution in [0.25, 0.3) is 0 Å². The SMILES string of the molecule is O=C1C2=C(CCCC2)C2=C1C(C1CCCCC1)NC(=S)N2. The van der Waals surface area contributed by atoms with Crippen molar-refractivity contribution < 1.29 is 4.79 Å². The lowest BCUT2D eigenvalue weighted by Crippen LogP contribution is -2.52. The van der Waals surface area contributed by atoms with E-state index in [4.69, 9.17) is 12.2 Å². The number of allylic oxidation sites excluding steroid dienone is 2. The molecule has 0 spiro atoms. The first-order chi connectivity index (χ1) is 10.3. The number of ketones is 1. The van der Waals surface area contributed by atoms with Crippen LogP contribution in [0.4, 0.5) is 0 Å². The minimum absolute atomic E-state index is 0.146. The van der Waals surface area contributed by atoms with Crippen molar-refractivity contribution in [3.63, 3.8) is 0 Å². The topological polar surface area (TPSA) is 41.1 Å². The molecule has 3 nitrogen and oxygen atoms in total. The number of thiocarbonyl (C=S) groups is 1. The summed E-state index contributed by atoms with van der Waals surface area (Å²) < 4.78 is 0. The van der Waals surface area contributed by atoms with E-state index in [9.17, 15) is 4.79 Å². The lowest BCUT2D eigenvalue weighted by molar-refractivity contribution is -0.112. The number of hydrogen-bond donors (Lipinski definition) is 2. The monoisotopic (exact) mass is 302 g/mol. The number of Topliss-reactive ketones (excluding diaryl/α,β-unsaturated/α-hetero) is 1. The fraction of sp³-hybridized carbons (Fsp3) is 0.647. The molecule has 4 aliphatic rings. The molecular weight excluding hydrogens is 280 g/mol. The summed E-state index contributed by atoms with van der Waals surface area (Å²) in [5.74, 6) is 0.867. The third kappa shape index (κ3) is 2.15. The van der Waals surface area contributed by atoms with Gasteiger partial charge in [-0.05, 0) is 62.2 Å². The summed E-state index contributed by atoms with van der Waals surface area (Å²) in [6, 6.07) is 0.146. The summed E-state index contributed by atoms with van der Waals surface area (Å²) in [5.41, 5.74) is 4.42. The van der Waals surface area contributed by atoms with Crippen molar-refractivity contribution in [2.24, 2.45) is 5.92 Å². The van der Waals surface area contributed by atoms with E-state index in [-0.39, 0.29) is 6.04 Å². The molecule has 0 aromatic carbocycles. The van der Waals surface area contributed by atoms with Crippen molar-refractivity contribution in [1.82, 2.24) is 10.6 Å². The largest absolute Gasteiger partial charge is 0.355 e. The van der Waals surface area contributed by atoms with Gasteiger partial charge in [-0.15, -0.1) is 0 Å². The highest BCUT2D eigenvalue weighted by Gasteiger charge is 2.42. The second kappa shape index (κ2) is 5.24. The van der Waals surface area contributed by atoms with Crippen LogP contribution >= 0.6 is 12.2 Å². The Morgan fingerprint density at radius 3 is 2.43 bits per heavy atom. The van der Waals surface area contributed by atoms with Crippen molar-refractivity contribution in [3.8, 4) is 0 Å². The molecule has 1 saturated carbocycles. The molecule has 1 fully saturated rings. The van der Waals surface area contributed by atoms with E-state index in [1.165, 1.54) is 44.1 Å². The number of carbonyl (C=O) groups is 1. The normalized spacial score (nSPS) is 30.0. The summed E-state index contributed by atoms with van der Waals surface area (Å²) in [4.78, 5) is 12.9. The molecule has 2 N–H and O–H groups in total. The standard InChI is InChI=1S/C17H22N2OS/c20-16-12-9-5-4-8-11(12)15-13(16)14(18-17(21)19-15)10-6-2-1-3-7-10/h10,14H,1-9H2,(H2,18,19,21). The van der Waals surface area contributed by atoms with Gasteiger partial charge in [-0.25, -0.2) is 0 Å². The van der Waals surface area contributed by atoms with E-state index in [0.717, 1.165) is 36.1 Å². The van der Waals surface area contributed by atoms with Crippen molar-refractivity contribution in [1.29, 1.82) is 0 Å². The first kappa shape index (κ1) is 13.5. The van der Waals surface area contributed by atoms with E-state index >= 15 is 0 Å². The molecule has 0 radical (unpaired) electrons. The van der Waals surface area contributed by atoms with Gasteiger partial charge in [0.05, 0.1) is 11.7 Å². The number of hydrogen-bond acceptors (Lipinski definition) is 2. The summed E-state index contributed by atoms with van der Waals surface area (Å²) in [6.07, 6.45) is 10.7. The van der Waals surface area contributed by atoms with Crippen LogP contribution in [0.15, 0.2) is 22.4 Å². The summed E-state index contributed by atoms with van der Waals surface area (Å²) in [7, 11) is 0. The molecule has 4 heteroatoms. The third-order valence-electron chi connectivity index (χ3n) is 5.52. The maximum absolute atomic E-state index is 12.9. The molecule has 112 valence electrons. The second-order valence-corrected chi connectivity index (χ2v) is 7.16. The van der Waals surface area contributed by atoms with Crippen LogP contribution in [0.3, 0.4) is 0 Å². The summed E-state index contributed by atoms with van der Waals surface area (Å²) in [6.45, 7) is 0. The predicted molar refractivity (Wildman–Crippen MR) is 86.8 cm³/mol. The molecule has 1 heterocycles. The maximum atomic E-state index is 12.9. The predicted octanol–water partition coefficient (Wildman–Crippen LogP) is 3.12. The minimum Gasteiger partial charge on any atom is -0.355 e. The zero-order chi connectivity index (χ0) is 14.4. The molecule has 1 unspecified atom stereocenters. The number of nitrogens with one attached hydrogen (secondary N) is 2. The number of fused-ring (bicyclic) bond motifs is 1. The van der Waals surface area contributed by atoms with Crippen LogP contribution in [-0.4, -0.2) is 16.9 Å². The average molecular weight is 302 g/mol. The van der Waals surface area contributed by atoms with Crippen molar-refractivity contribution in [2.45, 2.75) is 63.8 Å². The van der Waals surface area contributed by atoms with Gasteiger partial charge in [-0.2, -0.15) is 0 Å². The second-order valence-electron chi connectivity index (χ2n) is 6.76. The van der Waals surface area contributed by atoms with Gasteiger partial charge in [0.25, 0.3) is 0 Å². The van der Waals surface area contributed by atoms with Crippen LogP contribution in [0.1, 0.15) is 57.8 Å². The summed E-state index contributed by atoms with van der Waals surface area (Å²) >= 11 is 5.42. The number of carbonyl (C=O) groups excluding carboxylic acids is 1. The van der Waals surface area contributed by atoms with Crippen molar-refractivity contribution >= 4 is 23.1 Å². The van der Waals surface area contributed by atoms with Crippen LogP contribution in [0.5, 0.6) is 0 Å². The Morgan fingerprint density at radius 2 is 1.67 bits per heavy atom. The van der Waals surface area contributed by atoms with Gasteiger partial charge in [0.15, 0.2) is 10.9 Å². The smallest absolute Gasteiger partial charge is 0.189 e. The van der Waals surface area contributed by atoms with Gasteiger partial charge >= 0.3 is 0 Å². The van der Waals surface area contributed by atoms with E-state index < -0.39 is 0 Å². The van der Waals surface area contributed by atoms with Gasteiger partial charge in [-0.1, -0.05) is 19.3 Å². The molecule has 0 amide bonds. The lowest BCUT2D eigenvalue weighted by atomic mass is 9.79. The molecule has 21 heavy (non-hydrogen) atoms. The molecular formula is C17H22N2OS. The van der Waals surface area contributed by atoms with E-state index in [2.05, 4.69) is 10.6 Å². The van der Waals surface area contributed by atoms with E-state index in [0.29, 0.717) is 16.8 Å². The molecule has 4 rings (SSSR count). The van der Waals surface area contributed by atoms with Crippen LogP contribution in [0.2, 0.25) is 0 Å². The van der Waals surface area contributed by atoms with Crippen molar-refractivity contribution in [2.75, 3.05) is 0 Å². The molecule has 0 saturated heterocycles. The van der Waals surface area contributed by atoms with Gasteiger partial charge < -0.3 is 10.6 Å². The van der Waals surface area contributed by atoms with Gasteiger partial charge in [-0.3, -0.25) is 4.79 Å². The Morgan fingerprint density at radius 1 is 0.952 bits per heavy atom. The Kier molecular flexibility index (Phi) is 3.37. The fourth-order valence-electron chi connectivity index (χ4n) is 4.49. The molecule has 3 aliphatic carbocycles. The number of rotatable bonds is 1. The Balaban J connectivity index is 1.72. The zero-order valence-electron chi connectivity index (χ0n) is 12.3. The molecule has 1 atom stereocenters. The molecule has 1 aliphatic heterocycles. The highest BCUT2D eigenvalue weighted by atomic mass is 32.1. The van der Waals surface area contributed by atoms with Crippen LogP contribution in [0, 0.1) is 5.92 Å². The third-order valence-corrected chi connectivity index (χ3v) is 5.73. The highest BCUT2D eigenvalue weighted by Crippen LogP contribution is 2.42. The first-order valence-electron chi connectivity index (χ1n) is 8.34. The van der Waals surface area contributed by atoms with Gasteiger partial charge in [0.1, 0.15) is 0 Å². The fourth-order valence-corrected chi connectivity index (χ4v) is 4.72. The Labute approximate surface area is 131 Å². The van der Waals surface area contributed by atoms with Crippen LogP contribution in [-0.2, 0) is 4.79 Å². The first-order valence-corrected chi connectivity index (χ1v) is 8.75. The van der Waals surface area contributed by atoms with Gasteiger partial charge in [0.2, 0.25) is 0 Å².